The van der Waals surface area contributed by atoms with Crippen molar-refractivity contribution in [3.8, 4) is 0 Å². The highest BCUT2D eigenvalue weighted by atomic mass is 79.9. The van der Waals surface area contributed by atoms with Crippen molar-refractivity contribution in [1.82, 2.24) is 9.80 Å². The number of nitrogens with zero attached hydrogens (tertiary/aromatic N) is 2. The molecule has 1 amide bonds. The molecule has 0 radical (unpaired) electrons. The summed E-state index contributed by atoms with van der Waals surface area (Å²) in [5.74, 6) is 0.784. The molecule has 1 saturated heterocycles. The van der Waals surface area contributed by atoms with E-state index in [9.17, 15) is 4.79 Å². The highest BCUT2D eigenvalue weighted by Gasteiger charge is 2.18. The van der Waals surface area contributed by atoms with Crippen molar-refractivity contribution in [2.75, 3.05) is 39.0 Å². The minimum atomic E-state index is 0.250. The first-order valence-corrected chi connectivity index (χ1v) is 8.19. The molecule has 0 spiro atoms. The first-order chi connectivity index (χ1) is 9.06. The fourth-order valence-corrected chi connectivity index (χ4v) is 3.45. The molecule has 1 aliphatic rings. The van der Waals surface area contributed by atoms with E-state index >= 15 is 0 Å². The van der Waals surface area contributed by atoms with Gasteiger partial charge in [0.2, 0.25) is 5.91 Å². The van der Waals surface area contributed by atoms with E-state index in [2.05, 4.69) is 46.9 Å². The van der Waals surface area contributed by atoms with E-state index in [4.69, 9.17) is 0 Å². The van der Waals surface area contributed by atoms with Crippen LogP contribution < -0.4 is 0 Å². The summed E-state index contributed by atoms with van der Waals surface area (Å²) in [7, 11) is 2.10. The molecule has 0 aliphatic carbocycles. The Balaban J connectivity index is 1.86. The summed E-state index contributed by atoms with van der Waals surface area (Å²) in [4.78, 5) is 17.6. The second-order valence-electron chi connectivity index (χ2n) is 4.88. The zero-order valence-corrected chi connectivity index (χ0v) is 13.8. The van der Waals surface area contributed by atoms with Crippen LogP contribution in [0.2, 0.25) is 0 Å². The maximum atomic E-state index is 12.1. The van der Waals surface area contributed by atoms with Gasteiger partial charge in [0.15, 0.2) is 0 Å². The number of hydrogen-bond acceptors (Lipinski definition) is 3. The van der Waals surface area contributed by atoms with Crippen LogP contribution in [0, 0.1) is 6.92 Å². The molecule has 1 aromatic carbocycles. The summed E-state index contributed by atoms with van der Waals surface area (Å²) in [5.41, 5.74) is 1.21. The summed E-state index contributed by atoms with van der Waals surface area (Å²) in [6, 6.07) is 6.18. The first-order valence-electron chi connectivity index (χ1n) is 6.41. The molecular formula is C14H19BrN2OS. The summed E-state index contributed by atoms with van der Waals surface area (Å²) >= 11 is 5.09. The number of halogens is 1. The third-order valence-electron chi connectivity index (χ3n) is 3.34. The molecule has 5 heteroatoms. The van der Waals surface area contributed by atoms with E-state index in [1.165, 1.54) is 10.5 Å². The fraction of sp³-hybridized carbons (Fsp3) is 0.500. The standard InChI is InChI=1S/C14H19BrN2OS/c1-11-9-12(15)3-4-13(11)19-10-14(18)17-7-5-16(2)6-8-17/h3-4,9H,5-8,10H2,1-2H3. The molecule has 0 saturated carbocycles. The van der Waals surface area contributed by atoms with Gasteiger partial charge in [-0.15, -0.1) is 11.8 Å². The monoisotopic (exact) mass is 342 g/mol. The Hall–Kier alpha value is -0.520. The Morgan fingerprint density at radius 2 is 2.00 bits per heavy atom. The molecule has 3 nitrogen and oxygen atoms in total. The van der Waals surface area contributed by atoms with Gasteiger partial charge in [0.05, 0.1) is 5.75 Å². The maximum absolute atomic E-state index is 12.1. The Morgan fingerprint density at radius 1 is 1.32 bits per heavy atom. The number of carbonyl (C=O) groups excluding carboxylic acids is 1. The molecule has 1 aliphatic heterocycles. The van der Waals surface area contributed by atoms with Crippen LogP contribution in [0.25, 0.3) is 0 Å². The Kier molecular flexibility index (Phi) is 5.30. The van der Waals surface area contributed by atoms with Crippen LogP contribution in [-0.4, -0.2) is 54.7 Å². The average Bonchev–Trinajstić information content (AvgIpc) is 2.38. The largest absolute Gasteiger partial charge is 0.339 e. The summed E-state index contributed by atoms with van der Waals surface area (Å²) in [6.07, 6.45) is 0. The second-order valence-corrected chi connectivity index (χ2v) is 6.82. The molecule has 19 heavy (non-hydrogen) atoms. The van der Waals surface area contributed by atoms with Gasteiger partial charge in [-0.1, -0.05) is 15.9 Å². The highest BCUT2D eigenvalue weighted by molar-refractivity contribution is 9.10. The van der Waals surface area contributed by atoms with E-state index < -0.39 is 0 Å². The van der Waals surface area contributed by atoms with Crippen LogP contribution in [-0.2, 0) is 4.79 Å². The number of thioether (sulfide) groups is 1. The van der Waals surface area contributed by atoms with Gasteiger partial charge in [0.25, 0.3) is 0 Å². The predicted octanol–water partition coefficient (Wildman–Crippen LogP) is 2.62. The second kappa shape index (κ2) is 6.77. The lowest BCUT2D eigenvalue weighted by atomic mass is 10.2. The molecule has 0 aromatic heterocycles. The predicted molar refractivity (Wildman–Crippen MR) is 83.7 cm³/mol. The zero-order chi connectivity index (χ0) is 13.8. The van der Waals surface area contributed by atoms with E-state index in [1.807, 2.05) is 11.0 Å². The first kappa shape index (κ1) is 14.9. The van der Waals surface area contributed by atoms with Crippen LogP contribution in [0.3, 0.4) is 0 Å². The van der Waals surface area contributed by atoms with Gasteiger partial charge in [0, 0.05) is 35.5 Å². The average molecular weight is 343 g/mol. The molecule has 0 atom stereocenters. The van der Waals surface area contributed by atoms with Gasteiger partial charge in [-0.05, 0) is 37.7 Å². The van der Waals surface area contributed by atoms with E-state index in [0.717, 1.165) is 30.7 Å². The zero-order valence-electron chi connectivity index (χ0n) is 11.4. The van der Waals surface area contributed by atoms with Crippen LogP contribution in [0.4, 0.5) is 0 Å². The Morgan fingerprint density at radius 3 is 2.63 bits per heavy atom. The lowest BCUT2D eigenvalue weighted by molar-refractivity contribution is -0.129. The minimum Gasteiger partial charge on any atom is -0.339 e. The minimum absolute atomic E-state index is 0.250. The Bertz CT molecular complexity index is 459. The number of benzene rings is 1. The van der Waals surface area contributed by atoms with E-state index in [1.54, 1.807) is 11.8 Å². The molecule has 2 rings (SSSR count). The van der Waals surface area contributed by atoms with Crippen LogP contribution >= 0.6 is 27.7 Å². The van der Waals surface area contributed by atoms with Gasteiger partial charge in [-0.25, -0.2) is 0 Å². The lowest BCUT2D eigenvalue weighted by Crippen LogP contribution is -2.47. The molecule has 0 N–H and O–H groups in total. The topological polar surface area (TPSA) is 23.6 Å². The van der Waals surface area contributed by atoms with E-state index in [-0.39, 0.29) is 5.91 Å². The molecule has 1 fully saturated rings. The molecule has 0 unspecified atom stereocenters. The van der Waals surface area contributed by atoms with E-state index in [0.29, 0.717) is 5.75 Å². The molecule has 1 heterocycles. The van der Waals surface area contributed by atoms with Crippen molar-refractivity contribution in [1.29, 1.82) is 0 Å². The number of aryl methyl sites for hydroxylation is 1. The third kappa shape index (κ3) is 4.23. The van der Waals surface area contributed by atoms with Gasteiger partial charge >= 0.3 is 0 Å². The molecule has 0 bridgehead atoms. The SMILES string of the molecule is Cc1cc(Br)ccc1SCC(=O)N1CCN(C)CC1. The number of rotatable bonds is 3. The maximum Gasteiger partial charge on any atom is 0.233 e. The van der Waals surface area contributed by atoms with Gasteiger partial charge in [-0.3, -0.25) is 4.79 Å². The van der Waals surface area contributed by atoms with Gasteiger partial charge in [0.1, 0.15) is 0 Å². The normalized spacial score (nSPS) is 16.7. The molecule has 1 aromatic rings. The van der Waals surface area contributed by atoms with Crippen molar-refractivity contribution >= 4 is 33.6 Å². The third-order valence-corrected chi connectivity index (χ3v) is 5.00. The van der Waals surface area contributed by atoms with Gasteiger partial charge < -0.3 is 9.80 Å². The number of carbonyl (C=O) groups is 1. The fourth-order valence-electron chi connectivity index (χ4n) is 2.06. The van der Waals surface area contributed by atoms with Crippen LogP contribution in [0.1, 0.15) is 5.56 Å². The van der Waals surface area contributed by atoms with Crippen LogP contribution in [0.15, 0.2) is 27.6 Å². The highest BCUT2D eigenvalue weighted by Crippen LogP contribution is 2.25. The number of amides is 1. The summed E-state index contributed by atoms with van der Waals surface area (Å²) in [6.45, 7) is 5.75. The van der Waals surface area contributed by atoms with Crippen molar-refractivity contribution in [2.45, 2.75) is 11.8 Å². The van der Waals surface area contributed by atoms with Crippen molar-refractivity contribution < 1.29 is 4.79 Å². The van der Waals surface area contributed by atoms with Crippen molar-refractivity contribution in [3.05, 3.63) is 28.2 Å². The van der Waals surface area contributed by atoms with Gasteiger partial charge in [-0.2, -0.15) is 0 Å². The summed E-state index contributed by atoms with van der Waals surface area (Å²) in [5, 5.41) is 0. The smallest absolute Gasteiger partial charge is 0.233 e. The van der Waals surface area contributed by atoms with Crippen LogP contribution in [0.5, 0.6) is 0 Å². The van der Waals surface area contributed by atoms with Crippen molar-refractivity contribution in [3.63, 3.8) is 0 Å². The number of hydrogen-bond donors (Lipinski definition) is 0. The Labute approximate surface area is 127 Å². The number of likely N-dealkylation sites (N-methyl/N-ethyl adjacent to an activating group) is 1. The molecule has 104 valence electrons. The quantitative estimate of drug-likeness (QED) is 0.789. The molecular weight excluding hydrogens is 324 g/mol. The summed E-state index contributed by atoms with van der Waals surface area (Å²) < 4.78 is 1.08. The number of piperazine rings is 1. The van der Waals surface area contributed by atoms with Crippen molar-refractivity contribution in [2.24, 2.45) is 0 Å². The lowest BCUT2D eigenvalue weighted by Gasteiger charge is -2.32.